The number of rotatable bonds is 9. The number of esters is 1. The molecule has 0 aromatic heterocycles. The molecule has 0 unspecified atom stereocenters. The minimum Gasteiger partial charge on any atom is -0.503 e. The lowest BCUT2D eigenvalue weighted by Crippen LogP contribution is -2.08. The van der Waals surface area contributed by atoms with E-state index in [1.165, 1.54) is 20.5 Å². The van der Waals surface area contributed by atoms with Crippen molar-refractivity contribution in [3.05, 3.63) is 77.5 Å². The second kappa shape index (κ2) is 10.3. The Hall–Kier alpha value is -2.92. The first-order valence-corrected chi connectivity index (χ1v) is 8.53. The maximum Gasteiger partial charge on any atom is 0.341 e. The summed E-state index contributed by atoms with van der Waals surface area (Å²) in [4.78, 5) is 12.1. The molecule has 0 spiro atoms. The highest BCUT2D eigenvalue weighted by molar-refractivity contribution is 6.30. The maximum absolute atomic E-state index is 12.1. The van der Waals surface area contributed by atoms with Crippen molar-refractivity contribution in [1.82, 2.24) is 0 Å². The number of halogens is 1. The van der Waals surface area contributed by atoms with Crippen LogP contribution in [0.2, 0.25) is 5.02 Å². The van der Waals surface area contributed by atoms with E-state index in [1.807, 2.05) is 12.1 Å². The normalized spacial score (nSPS) is 10.9. The molecule has 0 radical (unpaired) electrons. The van der Waals surface area contributed by atoms with Crippen LogP contribution in [0.4, 0.5) is 0 Å². The second-order valence-electron chi connectivity index (χ2n) is 5.42. The van der Waals surface area contributed by atoms with E-state index in [-0.39, 0.29) is 12.2 Å². The first-order valence-electron chi connectivity index (χ1n) is 8.15. The molecule has 0 atom stereocenters. The summed E-state index contributed by atoms with van der Waals surface area (Å²) in [6, 6.07) is 12.4. The molecule has 0 saturated carbocycles. The zero-order valence-corrected chi connectivity index (χ0v) is 16.0. The Bertz CT molecular complexity index is 812. The average Bonchev–Trinajstić information content (AvgIpc) is 2.69. The SMILES string of the molecule is C=CCOc1ccc(OCc2cc(Cl)ccc2C(=COC)C(=O)OC)cc1. The van der Waals surface area contributed by atoms with Crippen molar-refractivity contribution in [3.8, 4) is 11.5 Å². The van der Waals surface area contributed by atoms with Crippen LogP contribution in [0.5, 0.6) is 11.5 Å². The summed E-state index contributed by atoms with van der Waals surface area (Å²) in [6.07, 6.45) is 3.02. The van der Waals surface area contributed by atoms with Gasteiger partial charge in [-0.3, -0.25) is 0 Å². The van der Waals surface area contributed by atoms with Crippen LogP contribution in [0.3, 0.4) is 0 Å². The number of carbonyl (C=O) groups is 1. The van der Waals surface area contributed by atoms with Gasteiger partial charge in [0.15, 0.2) is 0 Å². The minimum absolute atomic E-state index is 0.209. The molecule has 0 amide bonds. The molecule has 142 valence electrons. The first kappa shape index (κ1) is 20.4. The molecule has 2 aromatic carbocycles. The molecule has 0 aliphatic rings. The Morgan fingerprint density at radius 2 is 1.74 bits per heavy atom. The standard InChI is InChI=1S/C21H21ClO5/c1-4-11-26-17-6-8-18(9-7-17)27-13-15-12-16(22)5-10-19(15)20(14-24-2)21(23)25-3/h4-10,12,14H,1,11,13H2,2-3H3. The van der Waals surface area contributed by atoms with Crippen LogP contribution in [0.15, 0.2) is 61.4 Å². The highest BCUT2D eigenvalue weighted by Gasteiger charge is 2.17. The fourth-order valence-electron chi connectivity index (χ4n) is 2.34. The molecule has 0 bridgehead atoms. The third-order valence-electron chi connectivity index (χ3n) is 3.58. The van der Waals surface area contributed by atoms with E-state index in [0.717, 1.165) is 11.3 Å². The lowest BCUT2D eigenvalue weighted by atomic mass is 10.0. The third-order valence-corrected chi connectivity index (χ3v) is 3.82. The zero-order chi connectivity index (χ0) is 19.6. The lowest BCUT2D eigenvalue weighted by molar-refractivity contribution is -0.133. The highest BCUT2D eigenvalue weighted by Crippen LogP contribution is 2.26. The van der Waals surface area contributed by atoms with Crippen LogP contribution in [-0.2, 0) is 20.9 Å². The number of benzene rings is 2. The molecule has 0 aliphatic heterocycles. The topological polar surface area (TPSA) is 54.0 Å². The van der Waals surface area contributed by atoms with E-state index in [1.54, 1.807) is 36.4 Å². The van der Waals surface area contributed by atoms with Gasteiger partial charge in [0, 0.05) is 5.02 Å². The van der Waals surface area contributed by atoms with E-state index in [4.69, 9.17) is 30.5 Å². The summed E-state index contributed by atoms with van der Waals surface area (Å²) >= 11 is 6.12. The van der Waals surface area contributed by atoms with Gasteiger partial charge in [-0.05, 0) is 47.5 Å². The van der Waals surface area contributed by atoms with E-state index in [0.29, 0.717) is 22.9 Å². The van der Waals surface area contributed by atoms with Gasteiger partial charge in [-0.2, -0.15) is 0 Å². The molecular weight excluding hydrogens is 368 g/mol. The van der Waals surface area contributed by atoms with Crippen molar-refractivity contribution >= 4 is 23.1 Å². The van der Waals surface area contributed by atoms with Gasteiger partial charge in [-0.1, -0.05) is 30.3 Å². The van der Waals surface area contributed by atoms with Crippen LogP contribution in [-0.4, -0.2) is 26.8 Å². The molecular formula is C21H21ClO5. The molecule has 6 heteroatoms. The Balaban J connectivity index is 2.20. The molecule has 0 aliphatic carbocycles. The minimum atomic E-state index is -0.510. The van der Waals surface area contributed by atoms with E-state index < -0.39 is 5.97 Å². The largest absolute Gasteiger partial charge is 0.503 e. The number of carbonyl (C=O) groups excluding carboxylic acids is 1. The summed E-state index contributed by atoms with van der Waals surface area (Å²) in [6.45, 7) is 4.26. The average molecular weight is 389 g/mol. The third kappa shape index (κ3) is 5.79. The number of hydrogen-bond donors (Lipinski definition) is 0. The summed E-state index contributed by atoms with van der Waals surface area (Å²) < 4.78 is 21.1. The Morgan fingerprint density at radius 3 is 2.33 bits per heavy atom. The second-order valence-corrected chi connectivity index (χ2v) is 5.86. The van der Waals surface area contributed by atoms with Crippen LogP contribution in [0, 0.1) is 0 Å². The Kier molecular flexibility index (Phi) is 7.77. The Morgan fingerprint density at radius 1 is 1.07 bits per heavy atom. The summed E-state index contributed by atoms with van der Waals surface area (Å²) in [5.74, 6) is 0.869. The van der Waals surface area contributed by atoms with Crippen molar-refractivity contribution in [2.45, 2.75) is 6.61 Å². The Labute approximate surface area is 163 Å². The van der Waals surface area contributed by atoms with Crippen LogP contribution >= 0.6 is 11.6 Å². The van der Waals surface area contributed by atoms with Gasteiger partial charge in [-0.25, -0.2) is 4.79 Å². The van der Waals surface area contributed by atoms with Crippen LogP contribution in [0.25, 0.3) is 5.57 Å². The van der Waals surface area contributed by atoms with Gasteiger partial charge in [0.1, 0.15) is 30.3 Å². The van der Waals surface area contributed by atoms with Gasteiger partial charge >= 0.3 is 5.97 Å². The number of methoxy groups -OCH3 is 2. The summed E-state index contributed by atoms with van der Waals surface area (Å²) in [5.41, 5.74) is 1.63. The first-order chi connectivity index (χ1) is 13.1. The van der Waals surface area contributed by atoms with Gasteiger partial charge in [0.05, 0.1) is 20.5 Å². The zero-order valence-electron chi connectivity index (χ0n) is 15.2. The van der Waals surface area contributed by atoms with Gasteiger partial charge in [0.25, 0.3) is 0 Å². The van der Waals surface area contributed by atoms with Crippen LogP contribution < -0.4 is 9.47 Å². The van der Waals surface area contributed by atoms with E-state index in [9.17, 15) is 4.79 Å². The van der Waals surface area contributed by atoms with Crippen molar-refractivity contribution in [2.24, 2.45) is 0 Å². The molecule has 2 rings (SSSR count). The highest BCUT2D eigenvalue weighted by atomic mass is 35.5. The number of hydrogen-bond acceptors (Lipinski definition) is 5. The van der Waals surface area contributed by atoms with Crippen molar-refractivity contribution in [1.29, 1.82) is 0 Å². The van der Waals surface area contributed by atoms with Gasteiger partial charge in [-0.15, -0.1) is 0 Å². The maximum atomic E-state index is 12.1. The van der Waals surface area contributed by atoms with Crippen molar-refractivity contribution in [2.75, 3.05) is 20.8 Å². The van der Waals surface area contributed by atoms with Gasteiger partial charge in [0.2, 0.25) is 0 Å². The smallest absolute Gasteiger partial charge is 0.341 e. The lowest BCUT2D eigenvalue weighted by Gasteiger charge is -2.13. The summed E-state index contributed by atoms with van der Waals surface area (Å²) in [7, 11) is 2.78. The number of ether oxygens (including phenoxy) is 4. The molecule has 0 heterocycles. The van der Waals surface area contributed by atoms with Crippen molar-refractivity contribution < 1.29 is 23.7 Å². The predicted octanol–water partition coefficient (Wildman–Crippen LogP) is 4.64. The van der Waals surface area contributed by atoms with E-state index >= 15 is 0 Å². The fraction of sp³-hybridized carbons (Fsp3) is 0.190. The van der Waals surface area contributed by atoms with Gasteiger partial charge < -0.3 is 18.9 Å². The predicted molar refractivity (Wildman–Crippen MR) is 105 cm³/mol. The monoisotopic (exact) mass is 388 g/mol. The molecule has 0 N–H and O–H groups in total. The molecule has 0 saturated heterocycles. The molecule has 27 heavy (non-hydrogen) atoms. The van der Waals surface area contributed by atoms with Crippen LogP contribution in [0.1, 0.15) is 11.1 Å². The fourth-order valence-corrected chi connectivity index (χ4v) is 2.54. The summed E-state index contributed by atoms with van der Waals surface area (Å²) in [5, 5.41) is 0.534. The molecule has 2 aromatic rings. The molecule has 0 fully saturated rings. The van der Waals surface area contributed by atoms with E-state index in [2.05, 4.69) is 6.58 Å². The van der Waals surface area contributed by atoms with Crippen molar-refractivity contribution in [3.63, 3.8) is 0 Å². The quantitative estimate of drug-likeness (QED) is 0.271. The molecule has 5 nitrogen and oxygen atoms in total.